The molecule has 0 saturated carbocycles. The van der Waals surface area contributed by atoms with Gasteiger partial charge in [0.15, 0.2) is 0 Å². The molecule has 0 aliphatic carbocycles. The molecular weight excluding hydrogens is 272 g/mol. The smallest absolute Gasteiger partial charge is 0.204 e. The van der Waals surface area contributed by atoms with Gasteiger partial charge in [-0.2, -0.15) is 9.52 Å². The number of benzene rings is 2. The van der Waals surface area contributed by atoms with E-state index in [9.17, 15) is 8.42 Å². The molecule has 0 bridgehead atoms. The van der Waals surface area contributed by atoms with Gasteiger partial charge in [-0.15, -0.1) is 0 Å². The van der Waals surface area contributed by atoms with Crippen molar-refractivity contribution in [3.63, 3.8) is 0 Å². The molecule has 4 nitrogen and oxygen atoms in total. The Morgan fingerprint density at radius 3 is 2.10 bits per heavy atom. The maximum Gasteiger partial charge on any atom is 0.266 e. The Bertz CT molecular complexity index is 740. The molecule has 0 amide bonds. The Morgan fingerprint density at radius 1 is 0.950 bits per heavy atom. The predicted molar refractivity (Wildman–Crippen MR) is 80.1 cm³/mol. The van der Waals surface area contributed by atoms with Gasteiger partial charge in [0.25, 0.3) is 10.0 Å². The monoisotopic (exact) mass is 286 g/mol. The molecule has 0 radical (unpaired) electrons. The minimum absolute atomic E-state index is 0.560. The molecule has 20 heavy (non-hydrogen) atoms. The Hall–Kier alpha value is -2.14. The largest absolute Gasteiger partial charge is 0.266 e. The number of anilines is 1. The summed E-state index contributed by atoms with van der Waals surface area (Å²) in [5.41, 5.74) is 1.89. The summed E-state index contributed by atoms with van der Waals surface area (Å²) < 4.78 is 26.6. The molecule has 0 fully saturated rings. The van der Waals surface area contributed by atoms with Gasteiger partial charge in [-0.05, 0) is 24.6 Å². The lowest BCUT2D eigenvalue weighted by molar-refractivity contribution is 0.592. The van der Waals surface area contributed by atoms with Gasteiger partial charge in [-0.25, -0.2) is 8.42 Å². The van der Waals surface area contributed by atoms with Gasteiger partial charge in [0.05, 0.1) is 11.4 Å². The van der Waals surface area contributed by atoms with Crippen molar-refractivity contribution in [2.75, 3.05) is 4.41 Å². The van der Waals surface area contributed by atoms with Crippen molar-refractivity contribution in [3.05, 3.63) is 66.2 Å². The standard InChI is InChI=1S/C15H14N2O2S/c1-12-15(13-8-4-2-5-9-13)20(18,19)17(16-12)14-10-6-3-7-11-14/h2-11,15H,1H3. The van der Waals surface area contributed by atoms with Crippen LogP contribution in [-0.4, -0.2) is 14.1 Å². The average Bonchev–Trinajstić information content (AvgIpc) is 2.70. The third kappa shape index (κ3) is 2.00. The lowest BCUT2D eigenvalue weighted by Crippen LogP contribution is -2.25. The highest BCUT2D eigenvalue weighted by atomic mass is 32.2. The van der Waals surface area contributed by atoms with Crippen molar-refractivity contribution in [2.45, 2.75) is 12.2 Å². The summed E-state index contributed by atoms with van der Waals surface area (Å²) in [6.07, 6.45) is 0. The minimum Gasteiger partial charge on any atom is -0.204 e. The van der Waals surface area contributed by atoms with E-state index in [-0.39, 0.29) is 0 Å². The number of hydrogen-bond acceptors (Lipinski definition) is 3. The van der Waals surface area contributed by atoms with Crippen molar-refractivity contribution in [1.82, 2.24) is 0 Å². The molecule has 102 valence electrons. The summed E-state index contributed by atoms with van der Waals surface area (Å²) in [7, 11) is -3.55. The second-order valence-electron chi connectivity index (χ2n) is 4.66. The van der Waals surface area contributed by atoms with Crippen molar-refractivity contribution in [1.29, 1.82) is 0 Å². The van der Waals surface area contributed by atoms with Gasteiger partial charge in [-0.3, -0.25) is 0 Å². The highest BCUT2D eigenvalue weighted by molar-refractivity contribution is 7.94. The Labute approximate surface area is 118 Å². The zero-order valence-electron chi connectivity index (χ0n) is 11.0. The molecule has 0 aromatic heterocycles. The fourth-order valence-electron chi connectivity index (χ4n) is 2.37. The normalized spacial score (nSPS) is 20.8. The Kier molecular flexibility index (Phi) is 3.06. The van der Waals surface area contributed by atoms with E-state index < -0.39 is 15.3 Å². The quantitative estimate of drug-likeness (QED) is 0.852. The van der Waals surface area contributed by atoms with Crippen LogP contribution < -0.4 is 4.41 Å². The molecule has 3 rings (SSSR count). The van der Waals surface area contributed by atoms with Crippen LogP contribution in [0.4, 0.5) is 5.69 Å². The summed E-state index contributed by atoms with van der Waals surface area (Å²) in [6, 6.07) is 18.1. The molecule has 2 aromatic carbocycles. The number of nitrogens with zero attached hydrogens (tertiary/aromatic N) is 2. The lowest BCUT2D eigenvalue weighted by atomic mass is 10.1. The summed E-state index contributed by atoms with van der Waals surface area (Å²) in [5, 5.41) is 3.53. The molecule has 1 aliphatic heterocycles. The minimum atomic E-state index is -3.55. The fraction of sp³-hybridized carbons (Fsp3) is 0.133. The number of hydrogen-bond donors (Lipinski definition) is 0. The van der Waals surface area contributed by atoms with Crippen LogP contribution in [0, 0.1) is 0 Å². The molecule has 0 spiro atoms. The number of para-hydroxylation sites is 1. The zero-order valence-corrected chi connectivity index (χ0v) is 11.8. The van der Waals surface area contributed by atoms with Crippen molar-refractivity contribution in [3.8, 4) is 0 Å². The fourth-order valence-corrected chi connectivity index (χ4v) is 4.21. The lowest BCUT2D eigenvalue weighted by Gasteiger charge is -2.16. The molecule has 2 aromatic rings. The first-order valence-electron chi connectivity index (χ1n) is 6.30. The van der Waals surface area contributed by atoms with Crippen LogP contribution >= 0.6 is 0 Å². The van der Waals surface area contributed by atoms with Gasteiger partial charge in [0.1, 0.15) is 5.25 Å². The highest BCUT2D eigenvalue weighted by Crippen LogP contribution is 2.36. The topological polar surface area (TPSA) is 49.7 Å². The Morgan fingerprint density at radius 2 is 1.50 bits per heavy atom. The van der Waals surface area contributed by atoms with E-state index in [4.69, 9.17) is 0 Å². The van der Waals surface area contributed by atoms with E-state index in [1.54, 1.807) is 31.2 Å². The summed E-state index contributed by atoms with van der Waals surface area (Å²) >= 11 is 0. The van der Waals surface area contributed by atoms with E-state index in [1.807, 2.05) is 36.4 Å². The Balaban J connectivity index is 2.08. The molecule has 1 unspecified atom stereocenters. The summed E-state index contributed by atoms with van der Waals surface area (Å²) in [5.74, 6) is 0. The molecule has 1 atom stereocenters. The number of rotatable bonds is 2. The van der Waals surface area contributed by atoms with Gasteiger partial charge >= 0.3 is 0 Å². The van der Waals surface area contributed by atoms with Gasteiger partial charge in [0.2, 0.25) is 0 Å². The van der Waals surface area contributed by atoms with Crippen LogP contribution in [0.2, 0.25) is 0 Å². The first kappa shape index (κ1) is 12.9. The summed E-state index contributed by atoms with van der Waals surface area (Å²) in [6.45, 7) is 1.75. The van der Waals surface area contributed by atoms with Crippen molar-refractivity contribution < 1.29 is 8.42 Å². The first-order valence-corrected chi connectivity index (χ1v) is 7.80. The van der Waals surface area contributed by atoms with E-state index in [0.29, 0.717) is 11.4 Å². The van der Waals surface area contributed by atoms with Crippen LogP contribution in [0.15, 0.2) is 65.8 Å². The van der Waals surface area contributed by atoms with Crippen LogP contribution in [0.25, 0.3) is 0 Å². The third-order valence-electron chi connectivity index (χ3n) is 3.25. The second-order valence-corrected chi connectivity index (χ2v) is 6.50. The van der Waals surface area contributed by atoms with Gasteiger partial charge in [-0.1, -0.05) is 48.5 Å². The molecule has 0 N–H and O–H groups in total. The first-order chi connectivity index (χ1) is 9.60. The highest BCUT2D eigenvalue weighted by Gasteiger charge is 2.41. The van der Waals surface area contributed by atoms with Gasteiger partial charge < -0.3 is 0 Å². The van der Waals surface area contributed by atoms with E-state index in [0.717, 1.165) is 9.98 Å². The summed E-state index contributed by atoms with van der Waals surface area (Å²) in [4.78, 5) is 0. The third-order valence-corrected chi connectivity index (χ3v) is 5.23. The predicted octanol–water partition coefficient (Wildman–Crippen LogP) is 2.95. The average molecular weight is 286 g/mol. The van der Waals surface area contributed by atoms with Crippen molar-refractivity contribution in [2.24, 2.45) is 5.10 Å². The number of sulfonamides is 1. The SMILES string of the molecule is CC1=NN(c2ccccc2)S(=O)(=O)C1c1ccccc1. The zero-order chi connectivity index (χ0) is 14.2. The molecule has 5 heteroatoms. The van der Waals surface area contributed by atoms with Crippen LogP contribution in [0.3, 0.4) is 0 Å². The molecular formula is C15H14N2O2S. The van der Waals surface area contributed by atoms with Gasteiger partial charge in [0, 0.05) is 0 Å². The van der Waals surface area contributed by atoms with Crippen LogP contribution in [0.1, 0.15) is 17.7 Å². The molecule has 1 aliphatic rings. The maximum absolute atomic E-state index is 12.7. The van der Waals surface area contributed by atoms with Crippen LogP contribution in [-0.2, 0) is 10.0 Å². The maximum atomic E-state index is 12.7. The molecule has 1 heterocycles. The van der Waals surface area contributed by atoms with E-state index in [1.165, 1.54) is 0 Å². The van der Waals surface area contributed by atoms with E-state index in [2.05, 4.69) is 5.10 Å². The molecule has 0 saturated heterocycles. The van der Waals surface area contributed by atoms with Crippen LogP contribution in [0.5, 0.6) is 0 Å². The second kappa shape index (κ2) is 4.76. The van der Waals surface area contributed by atoms with Crippen molar-refractivity contribution >= 4 is 21.4 Å². The number of hydrazone groups is 1. The van der Waals surface area contributed by atoms with E-state index >= 15 is 0 Å².